The molecule has 0 spiro atoms. The molecule has 0 aliphatic heterocycles. The van der Waals surface area contributed by atoms with Crippen molar-refractivity contribution in [3.8, 4) is 67.5 Å². The summed E-state index contributed by atoms with van der Waals surface area (Å²) >= 11 is 0. The number of rotatable bonds is 16. The van der Waals surface area contributed by atoms with E-state index >= 15 is 0 Å². The molecule has 10 heterocycles. The van der Waals surface area contributed by atoms with Gasteiger partial charge in [-0.15, -0.1) is 0 Å². The van der Waals surface area contributed by atoms with E-state index in [1.54, 1.807) is 98.4 Å². The lowest BCUT2D eigenvalue weighted by Gasteiger charge is -2.07. The molecule has 22 nitrogen and oxygen atoms in total. The van der Waals surface area contributed by atoms with E-state index in [-0.39, 0.29) is 42.1 Å². The second kappa shape index (κ2) is 23.4. The van der Waals surface area contributed by atoms with Crippen molar-refractivity contribution in [1.82, 2.24) is 70.2 Å². The van der Waals surface area contributed by atoms with Crippen molar-refractivity contribution >= 4 is 87.0 Å². The highest BCUT2D eigenvalue weighted by Crippen LogP contribution is 2.36. The number of H-pyrrole nitrogens is 4. The number of hydrogen-bond donors (Lipinski definition) is 6. The zero-order valence-electron chi connectivity index (χ0n) is 47.2. The van der Waals surface area contributed by atoms with Gasteiger partial charge in [-0.2, -0.15) is 10.2 Å². The Morgan fingerprint density at radius 3 is 1.69 bits per heavy atom. The van der Waals surface area contributed by atoms with E-state index < -0.39 is 31.3 Å². The fourth-order valence-corrected chi connectivity index (χ4v) is 11.4. The second-order valence-corrected chi connectivity index (χ2v) is 26.2. The average molecular weight is 1230 g/mol. The van der Waals surface area contributed by atoms with Gasteiger partial charge < -0.3 is 20.6 Å². The van der Waals surface area contributed by atoms with Crippen LogP contribution in [0.2, 0.25) is 0 Å². The summed E-state index contributed by atoms with van der Waals surface area (Å²) < 4.78 is 75.9. The van der Waals surface area contributed by atoms with Gasteiger partial charge in [0.15, 0.2) is 22.9 Å². The molecule has 10 aromatic heterocycles. The third-order valence-corrected chi connectivity index (χ3v) is 16.7. The molecule has 0 atom stereocenters. The van der Waals surface area contributed by atoms with Crippen LogP contribution in [0.15, 0.2) is 153 Å². The lowest BCUT2D eigenvalue weighted by molar-refractivity contribution is -0.117. The largest absolute Gasteiger partial charge is 0.335 e. The molecule has 14 rings (SSSR count). The molecule has 26 heteroatoms. The number of fused-ring (bicyclic) bond motifs is 4. The molecule has 1 fully saturated rings. The number of hydrogen-bond acceptors (Lipinski definition) is 16. The van der Waals surface area contributed by atoms with Gasteiger partial charge in [0, 0.05) is 94.6 Å². The van der Waals surface area contributed by atoms with Crippen LogP contribution in [0.4, 0.5) is 20.2 Å². The minimum Gasteiger partial charge on any atom is -0.335 e. The summed E-state index contributed by atoms with van der Waals surface area (Å²) in [5.41, 5.74) is 12.6. The summed E-state index contributed by atoms with van der Waals surface area (Å²) in [6.07, 6.45) is 20.9. The molecule has 1 aliphatic carbocycles. The number of aromatic amines is 4. The molecule has 6 N–H and O–H groups in total. The standard InChI is InChI=1S/C33H25FN8O3S.C30H25FN8O3S/c1-46(44,45)8-7-19-9-21(11-24(34)10-19)27-17-36-18-28-29(27)40-32(39-28)30-26-13-23(15-37-31(26)42-41-30)22-12-25(16-35-14-22)38-33(43)20-5-3-2-4-6-20;1-43(41,42)5-4-16-6-18(8-21(31)7-16)24-14-33-15-25-26(24)37-29(36-25)27-23-10-20(12-34-28(23)39-38-27)19-9-22(13-32-11-19)35-30(40)17-2-3-17/h2-6,9-18H,7-8H2,1H3,(H,38,43)(H,39,40)(H,37,41,42);6-15,17H,2-5H2,1H3,(H,35,40)(H,36,37)(H,34,38,39). The topological polar surface area (TPSA) is 319 Å². The van der Waals surface area contributed by atoms with Gasteiger partial charge in [-0.3, -0.25) is 39.7 Å². The minimum absolute atomic E-state index is 0.00626. The molecule has 0 bridgehead atoms. The Morgan fingerprint density at radius 1 is 0.551 bits per heavy atom. The number of carbonyl (C=O) groups is 2. The Balaban J connectivity index is 0.000000164. The first-order chi connectivity index (χ1) is 42.9. The molecular weight excluding hydrogens is 1180 g/mol. The van der Waals surface area contributed by atoms with Crippen molar-refractivity contribution in [3.05, 3.63) is 181 Å². The number of nitrogens with zero attached hydrogens (tertiary/aromatic N) is 10. The molecule has 0 unspecified atom stereocenters. The van der Waals surface area contributed by atoms with E-state index in [9.17, 15) is 35.2 Å². The number of imidazole rings is 2. The zero-order valence-corrected chi connectivity index (χ0v) is 48.9. The SMILES string of the molecule is CS(=O)(=O)CCc1cc(F)cc(-c2cncc3[nH]c(-c4[nH]nc5ncc(-c6cncc(NC(=O)C7CC7)c6)cc45)nc23)c1.CS(=O)(=O)CCc1cc(F)cc(-c2cncc3[nH]c(-c4n[nH]c5ncc(-c6cncc(NC(=O)c7ccccc7)c6)cc45)nc23)c1. The molecule has 1 saturated carbocycles. The number of nitrogens with one attached hydrogen (secondary N) is 6. The number of anilines is 2. The third kappa shape index (κ3) is 12.8. The summed E-state index contributed by atoms with van der Waals surface area (Å²) in [7, 11) is -6.42. The molecule has 0 saturated heterocycles. The highest BCUT2D eigenvalue weighted by atomic mass is 32.2. The quantitative estimate of drug-likeness (QED) is 0.0524. The smallest absolute Gasteiger partial charge is 0.255 e. The number of aryl methyl sites for hydroxylation is 2. The third-order valence-electron chi connectivity index (χ3n) is 14.8. The van der Waals surface area contributed by atoms with Gasteiger partial charge in [0.25, 0.3) is 5.91 Å². The normalized spacial score (nSPS) is 12.6. The molecule has 13 aromatic rings. The summed E-state index contributed by atoms with van der Waals surface area (Å²) in [6.45, 7) is 0. The van der Waals surface area contributed by atoms with E-state index in [1.165, 1.54) is 24.3 Å². The maximum Gasteiger partial charge on any atom is 0.255 e. The maximum atomic E-state index is 14.6. The van der Waals surface area contributed by atoms with E-state index in [1.807, 2.05) is 30.3 Å². The van der Waals surface area contributed by atoms with Crippen molar-refractivity contribution in [3.63, 3.8) is 0 Å². The van der Waals surface area contributed by atoms with Crippen LogP contribution < -0.4 is 10.6 Å². The molecular formula is C63H50F2N16O6S2. The Hall–Kier alpha value is -10.9. The molecule has 1 aliphatic rings. The molecule has 3 aromatic carbocycles. The fraction of sp³-hybridized carbons (Fsp3) is 0.143. The van der Waals surface area contributed by atoms with Crippen molar-refractivity contribution in [1.29, 1.82) is 0 Å². The van der Waals surface area contributed by atoms with E-state index in [0.29, 0.717) is 117 Å². The predicted molar refractivity (Wildman–Crippen MR) is 333 cm³/mol. The number of pyridine rings is 6. The van der Waals surface area contributed by atoms with Crippen molar-refractivity contribution in [2.24, 2.45) is 5.92 Å². The van der Waals surface area contributed by atoms with Gasteiger partial charge in [0.2, 0.25) is 5.91 Å². The summed E-state index contributed by atoms with van der Waals surface area (Å²) in [5.74, 6) is -0.342. The van der Waals surface area contributed by atoms with Crippen LogP contribution in [0.3, 0.4) is 0 Å². The minimum atomic E-state index is -3.21. The summed E-state index contributed by atoms with van der Waals surface area (Å²) in [6, 6.07) is 25.4. The Kier molecular flexibility index (Phi) is 15.1. The average Bonchev–Trinajstić information content (AvgIpc) is 1.68. The highest BCUT2D eigenvalue weighted by molar-refractivity contribution is 7.90. The van der Waals surface area contributed by atoms with Crippen LogP contribution in [0, 0.1) is 17.6 Å². The second-order valence-electron chi connectivity index (χ2n) is 21.7. The predicted octanol–water partition coefficient (Wildman–Crippen LogP) is 10.3. The van der Waals surface area contributed by atoms with Gasteiger partial charge >= 0.3 is 0 Å². The molecule has 444 valence electrons. The monoisotopic (exact) mass is 1230 g/mol. The number of amides is 2. The van der Waals surface area contributed by atoms with Crippen LogP contribution >= 0.6 is 0 Å². The van der Waals surface area contributed by atoms with E-state index in [2.05, 4.69) is 70.9 Å². The van der Waals surface area contributed by atoms with E-state index in [0.717, 1.165) is 47.6 Å². The molecule has 0 radical (unpaired) electrons. The maximum absolute atomic E-state index is 14.6. The number of halogens is 2. The van der Waals surface area contributed by atoms with Crippen molar-refractivity contribution < 1.29 is 35.2 Å². The number of sulfone groups is 2. The van der Waals surface area contributed by atoms with Gasteiger partial charge in [-0.05, 0) is 109 Å². The van der Waals surface area contributed by atoms with Crippen LogP contribution in [-0.2, 0) is 37.3 Å². The Bertz CT molecular complexity index is 5170. The Morgan fingerprint density at radius 2 is 1.09 bits per heavy atom. The van der Waals surface area contributed by atoms with Crippen molar-refractivity contribution in [2.45, 2.75) is 25.7 Å². The van der Waals surface area contributed by atoms with Crippen molar-refractivity contribution in [2.75, 3.05) is 34.7 Å². The number of carbonyl (C=O) groups excluding carboxylic acids is 2. The highest BCUT2D eigenvalue weighted by Gasteiger charge is 2.30. The fourth-order valence-electron chi connectivity index (χ4n) is 10.2. The van der Waals surface area contributed by atoms with Gasteiger partial charge in [0.05, 0.1) is 80.5 Å². The number of benzene rings is 3. The summed E-state index contributed by atoms with van der Waals surface area (Å²) in [5, 5.41) is 22.0. The zero-order chi connectivity index (χ0) is 61.6. The first kappa shape index (κ1) is 57.2. The van der Waals surface area contributed by atoms with Gasteiger partial charge in [-0.25, -0.2) is 45.6 Å². The van der Waals surface area contributed by atoms with E-state index in [4.69, 9.17) is 9.97 Å². The molecule has 89 heavy (non-hydrogen) atoms. The van der Waals surface area contributed by atoms with Crippen LogP contribution in [0.1, 0.15) is 34.3 Å². The number of aromatic nitrogens is 14. The first-order valence-electron chi connectivity index (χ1n) is 27.8. The van der Waals surface area contributed by atoms with Gasteiger partial charge in [0.1, 0.15) is 42.7 Å². The lowest BCUT2D eigenvalue weighted by atomic mass is 10.0. The Labute approximate surface area is 505 Å². The molecule has 2 amide bonds. The lowest BCUT2D eigenvalue weighted by Crippen LogP contribution is -2.13. The van der Waals surface area contributed by atoms with Crippen LogP contribution in [0.25, 0.3) is 112 Å². The summed E-state index contributed by atoms with van der Waals surface area (Å²) in [4.78, 5) is 67.4. The van der Waals surface area contributed by atoms with Crippen LogP contribution in [-0.4, -0.2) is 123 Å². The van der Waals surface area contributed by atoms with Crippen LogP contribution in [0.5, 0.6) is 0 Å². The van der Waals surface area contributed by atoms with Gasteiger partial charge in [-0.1, -0.05) is 30.3 Å². The first-order valence-corrected chi connectivity index (χ1v) is 31.9.